The van der Waals surface area contributed by atoms with E-state index in [1.165, 1.54) is 19.1 Å². The van der Waals surface area contributed by atoms with Gasteiger partial charge in [0.1, 0.15) is 18.2 Å². The zero-order chi connectivity index (χ0) is 22.3. The van der Waals surface area contributed by atoms with Crippen molar-refractivity contribution in [3.05, 3.63) is 75.1 Å². The molecule has 0 radical (unpaired) electrons. The highest BCUT2D eigenvalue weighted by Crippen LogP contribution is 2.32. The minimum absolute atomic E-state index is 0.116. The summed E-state index contributed by atoms with van der Waals surface area (Å²) < 4.78 is 5.28. The Morgan fingerprint density at radius 2 is 1.77 bits per heavy atom. The average molecular weight is 420 g/mol. The largest absolute Gasteiger partial charge is 0.458 e. The van der Waals surface area contributed by atoms with Gasteiger partial charge < -0.3 is 4.74 Å². The second-order valence-electron chi connectivity index (χ2n) is 6.97. The van der Waals surface area contributed by atoms with Crippen LogP contribution in [0.1, 0.15) is 39.0 Å². The molecule has 0 fully saturated rings. The summed E-state index contributed by atoms with van der Waals surface area (Å²) in [4.78, 5) is 58.0. The first kappa shape index (κ1) is 20.1. The molecule has 10 nitrogen and oxygen atoms in total. The molecule has 1 aliphatic rings. The molecule has 0 spiro atoms. The maximum absolute atomic E-state index is 12.7. The zero-order valence-electron chi connectivity index (χ0n) is 16.6. The van der Waals surface area contributed by atoms with Crippen LogP contribution in [0.4, 0.5) is 5.69 Å². The molecule has 31 heavy (non-hydrogen) atoms. The Bertz CT molecular complexity index is 1270. The number of carbonyl (C=O) groups is 3. The lowest BCUT2D eigenvalue weighted by Crippen LogP contribution is -2.43. The summed E-state index contributed by atoms with van der Waals surface area (Å²) in [5, 5.41) is 11.2. The third-order valence-corrected chi connectivity index (χ3v) is 5.04. The second-order valence-corrected chi connectivity index (χ2v) is 6.97. The van der Waals surface area contributed by atoms with Crippen LogP contribution < -0.4 is 0 Å². The molecule has 2 heterocycles. The highest BCUT2D eigenvalue weighted by Gasteiger charge is 2.45. The summed E-state index contributed by atoms with van der Waals surface area (Å²) in [7, 11) is 0. The van der Waals surface area contributed by atoms with E-state index < -0.39 is 34.4 Å². The van der Waals surface area contributed by atoms with Crippen molar-refractivity contribution in [1.29, 1.82) is 0 Å². The number of hydrogen-bond acceptors (Lipinski definition) is 8. The van der Waals surface area contributed by atoms with Crippen LogP contribution in [0.2, 0.25) is 0 Å². The van der Waals surface area contributed by atoms with E-state index in [2.05, 4.69) is 9.97 Å². The predicted molar refractivity (Wildman–Crippen MR) is 107 cm³/mol. The van der Waals surface area contributed by atoms with E-state index >= 15 is 0 Å². The van der Waals surface area contributed by atoms with Gasteiger partial charge in [0.15, 0.2) is 0 Å². The van der Waals surface area contributed by atoms with Crippen molar-refractivity contribution in [3.8, 4) is 0 Å². The van der Waals surface area contributed by atoms with E-state index in [0.717, 1.165) is 6.07 Å². The van der Waals surface area contributed by atoms with Crippen molar-refractivity contribution >= 4 is 34.5 Å². The van der Waals surface area contributed by atoms with Crippen molar-refractivity contribution in [1.82, 2.24) is 14.9 Å². The van der Waals surface area contributed by atoms with Gasteiger partial charge in [-0.25, -0.2) is 14.8 Å². The maximum Gasteiger partial charge on any atom is 0.329 e. The van der Waals surface area contributed by atoms with Crippen LogP contribution in [0.25, 0.3) is 11.0 Å². The van der Waals surface area contributed by atoms with Gasteiger partial charge in [-0.1, -0.05) is 18.2 Å². The van der Waals surface area contributed by atoms with Crippen LogP contribution in [-0.4, -0.2) is 43.6 Å². The molecule has 2 aromatic carbocycles. The number of nitro benzene ring substituents is 1. The molecule has 0 bridgehead atoms. The van der Waals surface area contributed by atoms with Crippen LogP contribution in [0.5, 0.6) is 0 Å². The molecule has 2 amide bonds. The molecule has 0 aliphatic carbocycles. The molecule has 3 aromatic rings. The first-order chi connectivity index (χ1) is 14.8. The van der Waals surface area contributed by atoms with Crippen LogP contribution in [0.15, 0.2) is 42.5 Å². The lowest BCUT2D eigenvalue weighted by atomic mass is 10.1. The first-order valence-electron chi connectivity index (χ1n) is 9.33. The van der Waals surface area contributed by atoms with Crippen molar-refractivity contribution in [3.63, 3.8) is 0 Å². The van der Waals surface area contributed by atoms with Crippen molar-refractivity contribution in [2.24, 2.45) is 0 Å². The smallest absolute Gasteiger partial charge is 0.329 e. The minimum atomic E-state index is -1.28. The lowest BCUT2D eigenvalue weighted by Gasteiger charge is -2.20. The number of aromatic nitrogens is 2. The Morgan fingerprint density at radius 1 is 1.10 bits per heavy atom. The normalized spacial score (nSPS) is 13.9. The molecule has 0 saturated carbocycles. The molecule has 1 aromatic heterocycles. The molecule has 4 rings (SSSR count). The van der Waals surface area contributed by atoms with E-state index in [9.17, 15) is 24.5 Å². The number of esters is 1. The molecular weight excluding hydrogens is 404 g/mol. The Hall–Kier alpha value is -4.21. The topological polar surface area (TPSA) is 133 Å². The first-order valence-corrected chi connectivity index (χ1v) is 9.33. The van der Waals surface area contributed by atoms with Crippen LogP contribution in [-0.2, 0) is 16.1 Å². The SMILES string of the molecule is Cc1nc2ccccc2nc1COC(=O)C(C)N1C(=O)c2cccc([N+](=O)[O-])c2C1=O. The van der Waals surface area contributed by atoms with Crippen LogP contribution in [0, 0.1) is 17.0 Å². The number of benzene rings is 2. The van der Waals surface area contributed by atoms with Gasteiger partial charge >= 0.3 is 5.97 Å². The molecule has 0 saturated heterocycles. The Labute approximate surface area is 175 Å². The summed E-state index contributed by atoms with van der Waals surface area (Å²) >= 11 is 0. The fourth-order valence-electron chi connectivity index (χ4n) is 3.42. The van der Waals surface area contributed by atoms with Gasteiger partial charge in [-0.2, -0.15) is 0 Å². The summed E-state index contributed by atoms with van der Waals surface area (Å²) in [6, 6.07) is 9.73. The number of hydrogen-bond donors (Lipinski definition) is 0. The number of rotatable bonds is 5. The number of nitrogens with zero attached hydrogens (tertiary/aromatic N) is 4. The number of aryl methyl sites for hydroxylation is 1. The molecule has 0 N–H and O–H groups in total. The van der Waals surface area contributed by atoms with Gasteiger partial charge in [-0.05, 0) is 32.0 Å². The summed E-state index contributed by atoms with van der Waals surface area (Å²) in [5.41, 5.74) is 1.44. The van der Waals surface area contributed by atoms with E-state index in [1.54, 1.807) is 13.0 Å². The number of amides is 2. The van der Waals surface area contributed by atoms with E-state index in [-0.39, 0.29) is 17.7 Å². The van der Waals surface area contributed by atoms with Gasteiger partial charge in [0.25, 0.3) is 17.5 Å². The molecular formula is C21H16N4O6. The minimum Gasteiger partial charge on any atom is -0.458 e. The van der Waals surface area contributed by atoms with Gasteiger partial charge in [0.05, 0.1) is 32.9 Å². The van der Waals surface area contributed by atoms with Crippen molar-refractivity contribution in [2.75, 3.05) is 0 Å². The average Bonchev–Trinajstić information content (AvgIpc) is 3.01. The third-order valence-electron chi connectivity index (χ3n) is 5.04. The summed E-state index contributed by atoms with van der Waals surface area (Å²) in [6.45, 7) is 2.86. The fourth-order valence-corrected chi connectivity index (χ4v) is 3.42. The number of nitro groups is 1. The van der Waals surface area contributed by atoms with Crippen molar-refractivity contribution < 1.29 is 24.0 Å². The molecule has 10 heteroatoms. The molecule has 1 aliphatic heterocycles. The summed E-state index contributed by atoms with van der Waals surface area (Å²) in [6.07, 6.45) is 0. The number of imide groups is 1. The van der Waals surface area contributed by atoms with Gasteiger partial charge in [0, 0.05) is 6.07 Å². The molecule has 156 valence electrons. The third kappa shape index (κ3) is 3.37. The Morgan fingerprint density at radius 3 is 2.45 bits per heavy atom. The van der Waals surface area contributed by atoms with Gasteiger partial charge in [-0.15, -0.1) is 0 Å². The monoisotopic (exact) mass is 420 g/mol. The highest BCUT2D eigenvalue weighted by atomic mass is 16.6. The summed E-state index contributed by atoms with van der Waals surface area (Å²) in [5.74, 6) is -2.53. The van der Waals surface area contributed by atoms with E-state index in [1.807, 2.05) is 18.2 Å². The quantitative estimate of drug-likeness (QED) is 0.266. The lowest BCUT2D eigenvalue weighted by molar-refractivity contribution is -0.385. The van der Waals surface area contributed by atoms with E-state index in [4.69, 9.17) is 4.74 Å². The molecule has 1 atom stereocenters. The second kappa shape index (κ2) is 7.56. The predicted octanol–water partition coefficient (Wildman–Crippen LogP) is 2.57. The van der Waals surface area contributed by atoms with Crippen LogP contribution in [0.3, 0.4) is 0 Å². The Kier molecular flexibility index (Phi) is 4.90. The highest BCUT2D eigenvalue weighted by molar-refractivity contribution is 6.24. The van der Waals surface area contributed by atoms with Gasteiger partial charge in [-0.3, -0.25) is 24.6 Å². The fraction of sp³-hybridized carbons (Fsp3) is 0.190. The molecule has 1 unspecified atom stereocenters. The Balaban J connectivity index is 1.53. The number of para-hydroxylation sites is 2. The van der Waals surface area contributed by atoms with Gasteiger partial charge in [0.2, 0.25) is 0 Å². The zero-order valence-corrected chi connectivity index (χ0v) is 16.6. The van der Waals surface area contributed by atoms with Crippen molar-refractivity contribution in [2.45, 2.75) is 26.5 Å². The number of ether oxygens (including phenoxy) is 1. The van der Waals surface area contributed by atoms with E-state index in [0.29, 0.717) is 27.3 Å². The van der Waals surface area contributed by atoms with Crippen LogP contribution >= 0.6 is 0 Å². The standard InChI is InChI=1S/C21H16N4O6/c1-11-16(23-15-8-4-3-7-14(15)22-11)10-31-21(28)12(2)24-19(26)13-6-5-9-17(25(29)30)18(13)20(24)27/h3-9,12H,10H2,1-2H3. The number of fused-ring (bicyclic) bond motifs is 2. The number of carbonyl (C=O) groups excluding carboxylic acids is 3. The maximum atomic E-state index is 12.7.